The maximum Gasteiger partial charge on any atom is 0.246 e. The molecule has 1 aliphatic heterocycles. The average Bonchev–Trinajstić information content (AvgIpc) is 3.65. The number of fused-ring (bicyclic) bond motifs is 1. The minimum atomic E-state index is -1.32. The molecule has 14 nitrogen and oxygen atoms in total. The number of hydrogen-bond acceptors (Lipinski definition) is 7. The van der Waals surface area contributed by atoms with Gasteiger partial charge in [0.1, 0.15) is 24.2 Å². The fourth-order valence-corrected chi connectivity index (χ4v) is 6.28. The van der Waals surface area contributed by atoms with Crippen LogP contribution in [0.4, 0.5) is 0 Å². The SMILES string of the molecule is CC(=O)N[C@@H](Cc1cnc[nH]1)C(=O)N[C@@H](CCC(N)=O)C(=O)N[C@H](Cc1ccc(-c2ccccc2)cc1)C(=O)N1Cc2ccccc2C[C@@H]1C(N)=O. The first-order chi connectivity index (χ1) is 25.0. The smallest absolute Gasteiger partial charge is 0.246 e. The molecule has 2 heterocycles. The molecule has 0 unspecified atom stereocenters. The summed E-state index contributed by atoms with van der Waals surface area (Å²) in [6.45, 7) is 1.35. The van der Waals surface area contributed by atoms with Gasteiger partial charge in [-0.15, -0.1) is 0 Å². The van der Waals surface area contributed by atoms with Crippen LogP contribution in [0.25, 0.3) is 11.1 Å². The van der Waals surface area contributed by atoms with Crippen molar-refractivity contribution in [2.75, 3.05) is 0 Å². The third-order valence-corrected chi connectivity index (χ3v) is 8.96. The Morgan fingerprint density at radius 2 is 1.42 bits per heavy atom. The molecule has 5 rings (SSSR count). The highest BCUT2D eigenvalue weighted by Crippen LogP contribution is 2.25. The second-order valence-electron chi connectivity index (χ2n) is 12.8. The molecular weight excluding hydrogens is 664 g/mol. The Kier molecular flexibility index (Phi) is 12.1. The van der Waals surface area contributed by atoms with E-state index >= 15 is 0 Å². The van der Waals surface area contributed by atoms with Crippen molar-refractivity contribution in [1.82, 2.24) is 30.8 Å². The first-order valence-corrected chi connectivity index (χ1v) is 16.9. The second-order valence-corrected chi connectivity index (χ2v) is 12.8. The summed E-state index contributed by atoms with van der Waals surface area (Å²) in [6.07, 6.45) is 2.78. The highest BCUT2D eigenvalue weighted by Gasteiger charge is 2.38. The molecule has 4 atom stereocenters. The highest BCUT2D eigenvalue weighted by atomic mass is 16.2. The Morgan fingerprint density at radius 1 is 0.788 bits per heavy atom. The minimum Gasteiger partial charge on any atom is -0.370 e. The number of aromatic nitrogens is 2. The van der Waals surface area contributed by atoms with Crippen molar-refractivity contribution < 1.29 is 28.8 Å². The zero-order valence-corrected chi connectivity index (χ0v) is 28.7. The number of carbonyl (C=O) groups excluding carboxylic acids is 6. The van der Waals surface area contributed by atoms with Crippen LogP contribution in [0.3, 0.4) is 0 Å². The van der Waals surface area contributed by atoms with Crippen molar-refractivity contribution in [3.05, 3.63) is 114 Å². The van der Waals surface area contributed by atoms with Crippen LogP contribution in [0.1, 0.15) is 42.1 Å². The first-order valence-electron chi connectivity index (χ1n) is 16.9. The van der Waals surface area contributed by atoms with Gasteiger partial charge >= 0.3 is 0 Å². The van der Waals surface area contributed by atoms with Gasteiger partial charge < -0.3 is 37.3 Å². The fraction of sp³-hybridized carbons (Fsp3) is 0.289. The van der Waals surface area contributed by atoms with E-state index in [1.165, 1.54) is 24.3 Å². The van der Waals surface area contributed by atoms with Gasteiger partial charge in [-0.3, -0.25) is 28.8 Å². The first kappa shape index (κ1) is 37.0. The summed E-state index contributed by atoms with van der Waals surface area (Å²) in [6, 6.07) is 20.1. The molecule has 8 N–H and O–H groups in total. The Balaban J connectivity index is 1.43. The summed E-state index contributed by atoms with van der Waals surface area (Å²) < 4.78 is 0. The van der Waals surface area contributed by atoms with Gasteiger partial charge in [-0.05, 0) is 34.2 Å². The Morgan fingerprint density at radius 3 is 2.06 bits per heavy atom. The van der Waals surface area contributed by atoms with Crippen LogP contribution in [0.15, 0.2) is 91.4 Å². The summed E-state index contributed by atoms with van der Waals surface area (Å²) in [4.78, 5) is 86.7. The zero-order valence-electron chi connectivity index (χ0n) is 28.7. The lowest BCUT2D eigenvalue weighted by Gasteiger charge is -2.37. The van der Waals surface area contributed by atoms with Crippen molar-refractivity contribution in [1.29, 1.82) is 0 Å². The third-order valence-electron chi connectivity index (χ3n) is 8.96. The molecule has 0 saturated heterocycles. The summed E-state index contributed by atoms with van der Waals surface area (Å²) >= 11 is 0. The van der Waals surface area contributed by atoms with Crippen molar-refractivity contribution in [3.8, 4) is 11.1 Å². The van der Waals surface area contributed by atoms with E-state index in [9.17, 15) is 28.8 Å². The number of rotatable bonds is 15. The highest BCUT2D eigenvalue weighted by molar-refractivity contribution is 5.96. The Labute approximate surface area is 300 Å². The lowest BCUT2D eigenvalue weighted by atomic mass is 9.92. The predicted molar refractivity (Wildman–Crippen MR) is 191 cm³/mol. The number of nitrogens with one attached hydrogen (secondary N) is 4. The van der Waals surface area contributed by atoms with Crippen LogP contribution in [-0.2, 0) is 54.6 Å². The third kappa shape index (κ3) is 9.68. The van der Waals surface area contributed by atoms with Gasteiger partial charge in [0, 0.05) is 51.0 Å². The molecule has 14 heteroatoms. The van der Waals surface area contributed by atoms with Gasteiger partial charge in [0.2, 0.25) is 35.4 Å². The van der Waals surface area contributed by atoms with Crippen LogP contribution in [0.2, 0.25) is 0 Å². The zero-order chi connectivity index (χ0) is 37.2. The molecule has 0 saturated carbocycles. The van der Waals surface area contributed by atoms with E-state index in [0.29, 0.717) is 5.69 Å². The van der Waals surface area contributed by atoms with E-state index in [4.69, 9.17) is 11.5 Å². The molecular formula is C38H42N8O6. The standard InChI is InChI=1S/C38H42N8O6/c1-23(47)43-31(19-29-20-41-22-42-29)37(51)44-30(15-16-34(39)48)36(50)45-32(17-24-11-13-26(14-12-24)25-7-3-2-4-8-25)38(52)46-21-28-10-6-5-9-27(28)18-33(46)35(40)49/h2-14,20,22,30-33H,15-19,21H2,1H3,(H2,39,48)(H2,40,49)(H,41,42)(H,43,47)(H,44,51)(H,45,50)/t30-,31-,32+,33+/m0/s1. The number of primary amides is 2. The normalized spacial score (nSPS) is 15.3. The number of hydrogen-bond donors (Lipinski definition) is 6. The van der Waals surface area contributed by atoms with Crippen molar-refractivity contribution in [2.24, 2.45) is 11.5 Å². The van der Waals surface area contributed by atoms with Crippen LogP contribution in [-0.4, -0.2) is 74.5 Å². The fourth-order valence-electron chi connectivity index (χ4n) is 6.28. The molecule has 0 radical (unpaired) electrons. The maximum atomic E-state index is 14.5. The number of amides is 6. The van der Waals surface area contributed by atoms with E-state index in [1.54, 1.807) is 0 Å². The molecule has 1 aromatic heterocycles. The maximum absolute atomic E-state index is 14.5. The topological polar surface area (TPSA) is 222 Å². The lowest BCUT2D eigenvalue weighted by molar-refractivity contribution is -0.144. The van der Waals surface area contributed by atoms with Crippen molar-refractivity contribution in [3.63, 3.8) is 0 Å². The van der Waals surface area contributed by atoms with E-state index in [-0.39, 0.29) is 38.6 Å². The molecule has 0 spiro atoms. The summed E-state index contributed by atoms with van der Waals surface area (Å²) in [5, 5.41) is 8.01. The van der Waals surface area contributed by atoms with E-state index < -0.39 is 59.6 Å². The number of imidazole rings is 1. The van der Waals surface area contributed by atoms with Gasteiger partial charge in [-0.2, -0.15) is 0 Å². The number of carbonyl (C=O) groups is 6. The molecule has 4 aromatic rings. The van der Waals surface area contributed by atoms with Crippen molar-refractivity contribution in [2.45, 2.75) is 69.7 Å². The number of nitrogens with zero attached hydrogens (tertiary/aromatic N) is 2. The lowest BCUT2D eigenvalue weighted by Crippen LogP contribution is -2.60. The van der Waals surface area contributed by atoms with Gasteiger partial charge in [-0.1, -0.05) is 78.9 Å². The van der Waals surface area contributed by atoms with Gasteiger partial charge in [-0.25, -0.2) is 4.98 Å². The molecule has 270 valence electrons. The average molecular weight is 707 g/mol. The number of nitrogens with two attached hydrogens (primary N) is 2. The van der Waals surface area contributed by atoms with E-state index in [1.807, 2.05) is 78.9 Å². The largest absolute Gasteiger partial charge is 0.370 e. The van der Waals surface area contributed by atoms with Crippen LogP contribution >= 0.6 is 0 Å². The number of aromatic amines is 1. The summed E-state index contributed by atoms with van der Waals surface area (Å²) in [5.41, 5.74) is 16.2. The molecule has 52 heavy (non-hydrogen) atoms. The Hall–Kier alpha value is -6.31. The predicted octanol–water partition coefficient (Wildman–Crippen LogP) is 1.04. The number of benzene rings is 3. The second kappa shape index (κ2) is 17.1. The quantitative estimate of drug-likeness (QED) is 0.105. The van der Waals surface area contributed by atoms with Gasteiger partial charge in [0.05, 0.1) is 6.33 Å². The molecule has 0 bridgehead atoms. The molecule has 0 aliphatic carbocycles. The van der Waals surface area contributed by atoms with Crippen LogP contribution in [0, 0.1) is 0 Å². The molecule has 6 amide bonds. The van der Waals surface area contributed by atoms with Crippen LogP contribution in [0.5, 0.6) is 0 Å². The van der Waals surface area contributed by atoms with E-state index in [2.05, 4.69) is 25.9 Å². The van der Waals surface area contributed by atoms with Crippen LogP contribution < -0.4 is 27.4 Å². The Bertz CT molecular complexity index is 1900. The van der Waals surface area contributed by atoms with Gasteiger partial charge in [0.25, 0.3) is 0 Å². The van der Waals surface area contributed by atoms with Crippen molar-refractivity contribution >= 4 is 35.4 Å². The number of H-pyrrole nitrogens is 1. The molecule has 3 aromatic carbocycles. The molecule has 1 aliphatic rings. The molecule has 0 fully saturated rings. The monoisotopic (exact) mass is 706 g/mol. The summed E-state index contributed by atoms with van der Waals surface area (Å²) in [7, 11) is 0. The summed E-state index contributed by atoms with van der Waals surface area (Å²) in [5.74, 6) is -3.87. The minimum absolute atomic E-state index is 0.0358. The van der Waals surface area contributed by atoms with Gasteiger partial charge in [0.15, 0.2) is 0 Å². The van der Waals surface area contributed by atoms with E-state index in [0.717, 1.165) is 27.8 Å².